The first-order valence-electron chi connectivity index (χ1n) is 6.26. The molecule has 0 saturated heterocycles. The molecule has 1 aliphatic rings. The van der Waals surface area contributed by atoms with E-state index in [2.05, 4.69) is 19.2 Å². The van der Waals surface area contributed by atoms with Crippen molar-refractivity contribution in [2.45, 2.75) is 39.2 Å². The van der Waals surface area contributed by atoms with Crippen LogP contribution in [0.2, 0.25) is 5.02 Å². The third kappa shape index (κ3) is 3.54. The molecule has 0 radical (unpaired) electrons. The van der Waals surface area contributed by atoms with Crippen molar-refractivity contribution >= 4 is 35.6 Å². The lowest BCUT2D eigenvalue weighted by molar-refractivity contribution is 0.0910. The number of amides is 1. The Balaban J connectivity index is 0.00000180. The number of carbonyl (C=O) groups is 1. The first-order valence-corrected chi connectivity index (χ1v) is 6.64. The maximum Gasteiger partial charge on any atom is 0.253 e. The molecule has 0 aliphatic heterocycles. The molecule has 0 aromatic heterocycles. The molecule has 1 saturated carbocycles. The standard InChI is InChI=1S/C14H19ClN2O.ClH/c1-14(2)7-3-4-12(14)17-13(18)10-6-5-9(16)8-11(10)15;/h5-6,8,12H,3-4,7,16H2,1-2H3,(H,17,18);1H. The van der Waals surface area contributed by atoms with Crippen LogP contribution in [0.4, 0.5) is 5.69 Å². The molecule has 0 heterocycles. The van der Waals surface area contributed by atoms with Gasteiger partial charge in [-0.2, -0.15) is 0 Å². The van der Waals surface area contributed by atoms with Crippen LogP contribution in [-0.4, -0.2) is 11.9 Å². The minimum atomic E-state index is -0.111. The highest BCUT2D eigenvalue weighted by molar-refractivity contribution is 6.34. The summed E-state index contributed by atoms with van der Waals surface area (Å²) in [7, 11) is 0. The van der Waals surface area contributed by atoms with E-state index in [1.807, 2.05) is 0 Å². The number of anilines is 1. The van der Waals surface area contributed by atoms with E-state index in [0.29, 0.717) is 16.3 Å². The molecule has 2 rings (SSSR count). The second-order valence-corrected chi connectivity index (χ2v) is 6.05. The van der Waals surface area contributed by atoms with E-state index < -0.39 is 0 Å². The molecule has 0 spiro atoms. The van der Waals surface area contributed by atoms with Crippen molar-refractivity contribution in [3.8, 4) is 0 Å². The maximum atomic E-state index is 12.2. The number of benzene rings is 1. The number of nitrogens with one attached hydrogen (secondary N) is 1. The van der Waals surface area contributed by atoms with Gasteiger partial charge in [-0.3, -0.25) is 4.79 Å². The molecule has 1 unspecified atom stereocenters. The van der Waals surface area contributed by atoms with Gasteiger partial charge in [0.2, 0.25) is 0 Å². The van der Waals surface area contributed by atoms with Crippen LogP contribution in [0.5, 0.6) is 0 Å². The van der Waals surface area contributed by atoms with Crippen LogP contribution >= 0.6 is 24.0 Å². The van der Waals surface area contributed by atoms with E-state index in [4.69, 9.17) is 17.3 Å². The fourth-order valence-corrected chi connectivity index (χ4v) is 2.82. The van der Waals surface area contributed by atoms with Crippen LogP contribution in [0, 0.1) is 5.41 Å². The lowest BCUT2D eigenvalue weighted by Gasteiger charge is -2.27. The first kappa shape index (κ1) is 16.1. The monoisotopic (exact) mass is 302 g/mol. The normalized spacial score (nSPS) is 20.7. The number of hydrogen-bond acceptors (Lipinski definition) is 2. The number of rotatable bonds is 2. The smallest absolute Gasteiger partial charge is 0.253 e. The number of nitrogens with two attached hydrogens (primary N) is 1. The Morgan fingerprint density at radius 1 is 1.47 bits per heavy atom. The molecule has 1 fully saturated rings. The Morgan fingerprint density at radius 3 is 2.68 bits per heavy atom. The van der Waals surface area contributed by atoms with Crippen molar-refractivity contribution < 1.29 is 4.79 Å². The second-order valence-electron chi connectivity index (χ2n) is 5.65. The summed E-state index contributed by atoms with van der Waals surface area (Å²) >= 11 is 6.04. The summed E-state index contributed by atoms with van der Waals surface area (Å²) in [5, 5.41) is 3.49. The molecular formula is C14H20Cl2N2O. The van der Waals surface area contributed by atoms with Crippen molar-refractivity contribution in [1.29, 1.82) is 0 Å². The van der Waals surface area contributed by atoms with Gasteiger partial charge in [-0.25, -0.2) is 0 Å². The molecule has 19 heavy (non-hydrogen) atoms. The highest BCUT2D eigenvalue weighted by atomic mass is 35.5. The van der Waals surface area contributed by atoms with Gasteiger partial charge in [-0.1, -0.05) is 31.9 Å². The van der Waals surface area contributed by atoms with Gasteiger partial charge in [0.1, 0.15) is 0 Å². The van der Waals surface area contributed by atoms with Crippen LogP contribution in [0.25, 0.3) is 0 Å². The number of carbonyl (C=O) groups excluding carboxylic acids is 1. The summed E-state index contributed by atoms with van der Waals surface area (Å²) in [6.45, 7) is 4.38. The molecule has 1 amide bonds. The van der Waals surface area contributed by atoms with Crippen LogP contribution < -0.4 is 11.1 Å². The summed E-state index contributed by atoms with van der Waals surface area (Å²) in [6.07, 6.45) is 3.34. The average molecular weight is 303 g/mol. The molecular weight excluding hydrogens is 283 g/mol. The summed E-state index contributed by atoms with van der Waals surface area (Å²) < 4.78 is 0. The zero-order chi connectivity index (χ0) is 13.3. The van der Waals surface area contributed by atoms with E-state index in [1.165, 1.54) is 0 Å². The third-order valence-electron chi connectivity index (χ3n) is 3.80. The predicted molar refractivity (Wildman–Crippen MR) is 82.0 cm³/mol. The highest BCUT2D eigenvalue weighted by Crippen LogP contribution is 2.37. The maximum absolute atomic E-state index is 12.2. The Hall–Kier alpha value is -0.930. The fourth-order valence-electron chi connectivity index (χ4n) is 2.55. The van der Waals surface area contributed by atoms with Crippen molar-refractivity contribution in [1.82, 2.24) is 5.32 Å². The lowest BCUT2D eigenvalue weighted by atomic mass is 9.87. The van der Waals surface area contributed by atoms with E-state index in [1.54, 1.807) is 18.2 Å². The van der Waals surface area contributed by atoms with Gasteiger partial charge < -0.3 is 11.1 Å². The number of hydrogen-bond donors (Lipinski definition) is 2. The zero-order valence-electron chi connectivity index (χ0n) is 11.2. The molecule has 3 N–H and O–H groups in total. The third-order valence-corrected chi connectivity index (χ3v) is 4.11. The first-order chi connectivity index (χ1) is 8.40. The summed E-state index contributed by atoms with van der Waals surface area (Å²) in [6, 6.07) is 5.20. The molecule has 0 bridgehead atoms. The second kappa shape index (κ2) is 6.02. The minimum absolute atomic E-state index is 0. The highest BCUT2D eigenvalue weighted by Gasteiger charge is 2.35. The number of halogens is 2. The lowest BCUT2D eigenvalue weighted by Crippen LogP contribution is -2.41. The van der Waals surface area contributed by atoms with E-state index >= 15 is 0 Å². The SMILES string of the molecule is CC1(C)CCCC1NC(=O)c1ccc(N)cc1Cl.Cl. The van der Waals surface area contributed by atoms with Crippen LogP contribution in [0.15, 0.2) is 18.2 Å². The molecule has 1 aromatic carbocycles. The fraction of sp³-hybridized carbons (Fsp3) is 0.500. The largest absolute Gasteiger partial charge is 0.399 e. The van der Waals surface area contributed by atoms with Crippen LogP contribution in [-0.2, 0) is 0 Å². The zero-order valence-corrected chi connectivity index (χ0v) is 12.8. The van der Waals surface area contributed by atoms with Gasteiger partial charge in [0.05, 0.1) is 10.6 Å². The summed E-state index contributed by atoms with van der Waals surface area (Å²) in [5.41, 5.74) is 6.84. The van der Waals surface area contributed by atoms with Crippen molar-refractivity contribution in [2.75, 3.05) is 5.73 Å². The van der Waals surface area contributed by atoms with E-state index in [-0.39, 0.29) is 29.8 Å². The van der Waals surface area contributed by atoms with Crippen LogP contribution in [0.1, 0.15) is 43.5 Å². The molecule has 1 aliphatic carbocycles. The van der Waals surface area contributed by atoms with E-state index in [9.17, 15) is 4.79 Å². The predicted octanol–water partition coefficient (Wildman–Crippen LogP) is 3.65. The van der Waals surface area contributed by atoms with Crippen molar-refractivity contribution in [3.63, 3.8) is 0 Å². The Labute approximate surface area is 125 Å². The Morgan fingerprint density at radius 2 is 2.16 bits per heavy atom. The van der Waals surface area contributed by atoms with Gasteiger partial charge >= 0.3 is 0 Å². The quantitative estimate of drug-likeness (QED) is 0.819. The molecule has 106 valence electrons. The van der Waals surface area contributed by atoms with Crippen LogP contribution in [0.3, 0.4) is 0 Å². The minimum Gasteiger partial charge on any atom is -0.399 e. The molecule has 3 nitrogen and oxygen atoms in total. The summed E-state index contributed by atoms with van der Waals surface area (Å²) in [4.78, 5) is 12.2. The topological polar surface area (TPSA) is 55.1 Å². The van der Waals surface area contributed by atoms with Gasteiger partial charge in [0, 0.05) is 11.7 Å². The summed E-state index contributed by atoms with van der Waals surface area (Å²) in [5.74, 6) is -0.111. The van der Waals surface area contributed by atoms with Gasteiger partial charge in [0.25, 0.3) is 5.91 Å². The molecule has 1 atom stereocenters. The van der Waals surface area contributed by atoms with Gasteiger partial charge in [-0.05, 0) is 36.5 Å². The average Bonchev–Trinajstić information content (AvgIpc) is 2.58. The molecule has 1 aromatic rings. The Kier molecular flexibility index (Phi) is 5.11. The number of nitrogen functional groups attached to an aromatic ring is 1. The van der Waals surface area contributed by atoms with Crippen molar-refractivity contribution in [3.05, 3.63) is 28.8 Å². The Bertz CT molecular complexity index is 475. The van der Waals surface area contributed by atoms with Crippen molar-refractivity contribution in [2.24, 2.45) is 5.41 Å². The van der Waals surface area contributed by atoms with E-state index in [0.717, 1.165) is 19.3 Å². The van der Waals surface area contributed by atoms with Gasteiger partial charge in [0.15, 0.2) is 0 Å². The van der Waals surface area contributed by atoms with Gasteiger partial charge in [-0.15, -0.1) is 12.4 Å². The molecule has 5 heteroatoms.